The minimum Gasteiger partial charge on any atom is -0.372 e. The second-order valence-corrected chi connectivity index (χ2v) is 8.73. The molecule has 0 aliphatic carbocycles. The normalized spacial score (nSPS) is 12.7. The molecule has 35 heavy (non-hydrogen) atoms. The number of alkyl halides is 4. The summed E-state index contributed by atoms with van der Waals surface area (Å²) in [5.41, 5.74) is 3.55. The summed E-state index contributed by atoms with van der Waals surface area (Å²) in [5, 5.41) is 0. The van der Waals surface area contributed by atoms with E-state index in [1.165, 1.54) is 12.1 Å². The van der Waals surface area contributed by atoms with Crippen molar-refractivity contribution >= 4 is 0 Å². The first-order valence-corrected chi connectivity index (χ1v) is 11.9. The van der Waals surface area contributed by atoms with Crippen molar-refractivity contribution < 1.29 is 22.3 Å². The van der Waals surface area contributed by atoms with Gasteiger partial charge in [0.15, 0.2) is 0 Å². The van der Waals surface area contributed by atoms with Gasteiger partial charge in [-0.1, -0.05) is 74.1 Å². The average molecular weight is 491 g/mol. The minimum absolute atomic E-state index is 0.376. The van der Waals surface area contributed by atoms with Gasteiger partial charge >= 0.3 is 0 Å². The van der Waals surface area contributed by atoms with Gasteiger partial charge in [0.1, 0.15) is 0 Å². The first kappa shape index (κ1) is 30.4. The van der Waals surface area contributed by atoms with E-state index in [2.05, 4.69) is 6.58 Å². The quantitative estimate of drug-likeness (QED) is 0.225. The van der Waals surface area contributed by atoms with E-state index >= 15 is 0 Å². The van der Waals surface area contributed by atoms with Gasteiger partial charge in [-0.3, -0.25) is 0 Å². The van der Waals surface area contributed by atoms with Crippen molar-refractivity contribution in [2.75, 3.05) is 6.61 Å². The van der Waals surface area contributed by atoms with Crippen molar-refractivity contribution in [3.8, 4) is 0 Å². The van der Waals surface area contributed by atoms with Crippen LogP contribution in [0.2, 0.25) is 0 Å². The van der Waals surface area contributed by atoms with Gasteiger partial charge in [-0.2, -0.15) is 0 Å². The molecule has 0 saturated carbocycles. The molecule has 1 nitrogen and oxygen atoms in total. The van der Waals surface area contributed by atoms with Gasteiger partial charge in [-0.15, -0.1) is 0 Å². The highest BCUT2D eigenvalue weighted by Crippen LogP contribution is 2.34. The Morgan fingerprint density at radius 1 is 0.857 bits per heavy atom. The van der Waals surface area contributed by atoms with Gasteiger partial charge in [-0.25, -0.2) is 17.6 Å². The third-order valence-electron chi connectivity index (χ3n) is 5.06. The third kappa shape index (κ3) is 11.5. The highest BCUT2D eigenvalue weighted by molar-refractivity contribution is 5.36. The van der Waals surface area contributed by atoms with Crippen LogP contribution in [0.15, 0.2) is 84.0 Å². The second-order valence-electron chi connectivity index (χ2n) is 8.73. The van der Waals surface area contributed by atoms with E-state index in [-0.39, 0.29) is 0 Å². The summed E-state index contributed by atoms with van der Waals surface area (Å²) in [6.07, 6.45) is 4.83. The summed E-state index contributed by atoms with van der Waals surface area (Å²) in [4.78, 5) is 0. The van der Waals surface area contributed by atoms with Crippen LogP contribution < -0.4 is 0 Å². The minimum atomic E-state index is -3.19. The molecule has 0 aliphatic heterocycles. The van der Waals surface area contributed by atoms with Crippen molar-refractivity contribution in [1.82, 2.24) is 0 Å². The molecular weight excluding hydrogens is 452 g/mol. The van der Waals surface area contributed by atoms with E-state index in [9.17, 15) is 17.6 Å². The Bertz CT molecular complexity index is 961. The Kier molecular flexibility index (Phi) is 12.2. The maximum absolute atomic E-state index is 13.9. The molecule has 0 spiro atoms. The van der Waals surface area contributed by atoms with Crippen molar-refractivity contribution in [2.45, 2.75) is 72.8 Å². The Balaban J connectivity index is 0.00000298. The number of aryl methyl sites for hydroxylation is 1. The van der Waals surface area contributed by atoms with E-state index in [0.29, 0.717) is 31.6 Å². The maximum atomic E-state index is 13.9. The molecular formula is C30H38F4O. The molecule has 5 heteroatoms. The fourth-order valence-corrected chi connectivity index (χ4v) is 3.38. The van der Waals surface area contributed by atoms with Gasteiger partial charge in [0, 0.05) is 25.0 Å². The van der Waals surface area contributed by atoms with Gasteiger partial charge < -0.3 is 4.74 Å². The van der Waals surface area contributed by atoms with Crippen LogP contribution in [-0.4, -0.2) is 6.61 Å². The Morgan fingerprint density at radius 3 is 1.89 bits per heavy atom. The van der Waals surface area contributed by atoms with E-state index in [1.54, 1.807) is 0 Å². The molecule has 0 unspecified atom stereocenters. The first-order chi connectivity index (χ1) is 16.3. The molecule has 0 fully saturated rings. The van der Waals surface area contributed by atoms with Crippen molar-refractivity contribution in [2.24, 2.45) is 0 Å². The topological polar surface area (TPSA) is 9.23 Å². The van der Waals surface area contributed by atoms with Crippen LogP contribution in [0.25, 0.3) is 0 Å². The lowest BCUT2D eigenvalue weighted by molar-refractivity contribution is 0.0104. The van der Waals surface area contributed by atoms with Crippen molar-refractivity contribution in [3.63, 3.8) is 0 Å². The molecule has 2 rings (SSSR count). The number of allylic oxidation sites excluding steroid dienone is 3. The molecule has 0 saturated heterocycles. The maximum Gasteiger partial charge on any atom is 0.270 e. The van der Waals surface area contributed by atoms with Crippen LogP contribution in [0.3, 0.4) is 0 Å². The highest BCUT2D eigenvalue weighted by atomic mass is 19.3. The number of rotatable bonds is 11. The average Bonchev–Trinajstić information content (AvgIpc) is 2.78. The standard InChI is InChI=1S/C28H32F4O.C2H6/c1-20(2)13-24(19-33-18-22-9-7-6-8-10-22)14-21(3)11-12-23-15-25(27(4,29)30)17-26(16-23)28(5,31)32;1-2/h6-10,13-17H,1,11-12,18-19H2,2-5H3;1-2H3/b21-14+,24-13+;. The smallest absolute Gasteiger partial charge is 0.270 e. The van der Waals surface area contributed by atoms with Crippen LogP contribution >= 0.6 is 0 Å². The number of hydrogen-bond donors (Lipinski definition) is 0. The monoisotopic (exact) mass is 490 g/mol. The Labute approximate surface area is 208 Å². The molecule has 0 radical (unpaired) electrons. The summed E-state index contributed by atoms with van der Waals surface area (Å²) in [7, 11) is 0. The van der Waals surface area contributed by atoms with E-state index in [4.69, 9.17) is 4.74 Å². The predicted molar refractivity (Wildman–Crippen MR) is 138 cm³/mol. The molecule has 192 valence electrons. The summed E-state index contributed by atoms with van der Waals surface area (Å²) in [6.45, 7) is 14.1. The fourth-order valence-electron chi connectivity index (χ4n) is 3.38. The van der Waals surface area contributed by atoms with E-state index < -0.39 is 23.0 Å². The van der Waals surface area contributed by atoms with Crippen LogP contribution in [0.1, 0.15) is 70.2 Å². The van der Waals surface area contributed by atoms with Gasteiger partial charge in [0.2, 0.25) is 0 Å². The molecule has 0 bridgehead atoms. The molecule has 2 aromatic rings. The molecule has 0 atom stereocenters. The summed E-state index contributed by atoms with van der Waals surface area (Å²) in [6, 6.07) is 13.4. The summed E-state index contributed by atoms with van der Waals surface area (Å²) >= 11 is 0. The lowest BCUT2D eigenvalue weighted by Gasteiger charge is -2.18. The van der Waals surface area contributed by atoms with Crippen molar-refractivity contribution in [1.29, 1.82) is 0 Å². The number of halogens is 4. The molecule has 0 N–H and O–H groups in total. The Morgan fingerprint density at radius 2 is 1.40 bits per heavy atom. The fraction of sp³-hybridized carbons (Fsp3) is 0.400. The largest absolute Gasteiger partial charge is 0.372 e. The zero-order valence-electron chi connectivity index (χ0n) is 21.7. The summed E-state index contributed by atoms with van der Waals surface area (Å²) in [5.74, 6) is -6.37. The third-order valence-corrected chi connectivity index (χ3v) is 5.06. The number of benzene rings is 2. The lowest BCUT2D eigenvalue weighted by atomic mass is 9.95. The number of ether oxygens (including phenoxy) is 1. The molecule has 0 amide bonds. The Hall–Kier alpha value is -2.66. The SMILES string of the molecule is C=C(C)/C=C(\C=C(/C)CCc1cc(C(C)(F)F)cc(C(C)(F)F)c1)COCc1ccccc1.CC. The zero-order chi connectivity index (χ0) is 26.6. The van der Waals surface area contributed by atoms with Crippen molar-refractivity contribution in [3.05, 3.63) is 106 Å². The molecule has 2 aromatic carbocycles. The predicted octanol–water partition coefficient (Wildman–Crippen LogP) is 9.53. The van der Waals surface area contributed by atoms with Gasteiger partial charge in [-0.05, 0) is 61.6 Å². The van der Waals surface area contributed by atoms with Gasteiger partial charge in [0.05, 0.1) is 13.2 Å². The van der Waals surface area contributed by atoms with Gasteiger partial charge in [0.25, 0.3) is 11.8 Å². The van der Waals surface area contributed by atoms with Crippen LogP contribution in [-0.2, 0) is 29.6 Å². The highest BCUT2D eigenvalue weighted by Gasteiger charge is 2.30. The zero-order valence-corrected chi connectivity index (χ0v) is 21.7. The molecule has 0 heterocycles. The lowest BCUT2D eigenvalue weighted by Crippen LogP contribution is -2.13. The van der Waals surface area contributed by atoms with Crippen LogP contribution in [0.4, 0.5) is 17.6 Å². The van der Waals surface area contributed by atoms with E-state index in [1.807, 2.05) is 70.2 Å². The molecule has 0 aromatic heterocycles. The first-order valence-electron chi connectivity index (χ1n) is 11.9. The van der Waals surface area contributed by atoms with Crippen LogP contribution in [0.5, 0.6) is 0 Å². The number of hydrogen-bond acceptors (Lipinski definition) is 1. The molecule has 0 aliphatic rings. The second kappa shape index (κ2) is 14.0. The van der Waals surface area contributed by atoms with Crippen LogP contribution in [0, 0.1) is 0 Å². The summed E-state index contributed by atoms with van der Waals surface area (Å²) < 4.78 is 61.2. The van der Waals surface area contributed by atoms with E-state index in [0.717, 1.165) is 42.2 Å².